The first-order valence-corrected chi connectivity index (χ1v) is 7.25. The molecule has 0 aliphatic carbocycles. The molecule has 2 N–H and O–H groups in total. The zero-order valence-corrected chi connectivity index (χ0v) is 12.9. The molecule has 0 unspecified atom stereocenters. The molecule has 0 fully saturated rings. The minimum absolute atomic E-state index is 0.123. The molecule has 0 saturated carbocycles. The number of nitro benzene ring substituents is 1. The van der Waals surface area contributed by atoms with Crippen LogP contribution >= 0.6 is 0 Å². The molecule has 0 saturated heterocycles. The van der Waals surface area contributed by atoms with Crippen LogP contribution in [0.3, 0.4) is 0 Å². The molecule has 1 aliphatic rings. The molecule has 9 nitrogen and oxygen atoms in total. The molecule has 128 valence electrons. The Morgan fingerprint density at radius 3 is 2.68 bits per heavy atom. The number of amides is 2. The maximum absolute atomic E-state index is 11.9. The van der Waals surface area contributed by atoms with Crippen molar-refractivity contribution in [3.8, 4) is 11.5 Å². The second-order valence-electron chi connectivity index (χ2n) is 5.13. The van der Waals surface area contributed by atoms with Gasteiger partial charge in [0.25, 0.3) is 5.69 Å². The van der Waals surface area contributed by atoms with E-state index >= 15 is 0 Å². The van der Waals surface area contributed by atoms with Crippen molar-refractivity contribution >= 4 is 23.2 Å². The van der Waals surface area contributed by atoms with Crippen LogP contribution in [-0.4, -0.2) is 23.5 Å². The quantitative estimate of drug-likeness (QED) is 0.494. The van der Waals surface area contributed by atoms with E-state index in [0.29, 0.717) is 11.5 Å². The third-order valence-electron chi connectivity index (χ3n) is 3.41. The lowest BCUT2D eigenvalue weighted by molar-refractivity contribution is -0.384. The van der Waals surface area contributed by atoms with Crippen molar-refractivity contribution in [3.63, 3.8) is 0 Å². The highest BCUT2D eigenvalue weighted by atomic mass is 16.7. The summed E-state index contributed by atoms with van der Waals surface area (Å²) in [7, 11) is 0. The minimum Gasteiger partial charge on any atom is -0.454 e. The van der Waals surface area contributed by atoms with E-state index in [1.807, 2.05) is 0 Å². The van der Waals surface area contributed by atoms with Gasteiger partial charge in [-0.25, -0.2) is 0 Å². The van der Waals surface area contributed by atoms with E-state index in [1.165, 1.54) is 24.3 Å². The van der Waals surface area contributed by atoms with Crippen molar-refractivity contribution in [2.45, 2.75) is 6.54 Å². The molecule has 25 heavy (non-hydrogen) atoms. The Labute approximate surface area is 141 Å². The third kappa shape index (κ3) is 3.83. The number of anilines is 1. The number of carbonyl (C=O) groups excluding carboxylic acids is 2. The zero-order chi connectivity index (χ0) is 17.8. The van der Waals surface area contributed by atoms with Gasteiger partial charge in [0.2, 0.25) is 6.79 Å². The van der Waals surface area contributed by atoms with Gasteiger partial charge in [0.1, 0.15) is 0 Å². The molecular formula is C16H13N3O6. The monoisotopic (exact) mass is 343 g/mol. The van der Waals surface area contributed by atoms with E-state index in [0.717, 1.165) is 5.56 Å². The van der Waals surface area contributed by atoms with Crippen molar-refractivity contribution < 1.29 is 24.0 Å². The largest absolute Gasteiger partial charge is 0.454 e. The maximum atomic E-state index is 11.9. The number of ether oxygens (including phenoxy) is 2. The summed E-state index contributed by atoms with van der Waals surface area (Å²) < 4.78 is 10.4. The molecule has 1 aliphatic heterocycles. The number of nitrogens with one attached hydrogen (secondary N) is 2. The molecule has 1 heterocycles. The highest BCUT2D eigenvalue weighted by Crippen LogP contribution is 2.32. The summed E-state index contributed by atoms with van der Waals surface area (Å²) in [5, 5.41) is 15.5. The summed E-state index contributed by atoms with van der Waals surface area (Å²) in [5.41, 5.74) is 0.719. The van der Waals surface area contributed by atoms with E-state index in [2.05, 4.69) is 10.6 Å². The lowest BCUT2D eigenvalue weighted by Crippen LogP contribution is -2.34. The highest BCUT2D eigenvalue weighted by molar-refractivity contribution is 6.39. The number of non-ortho nitro benzene ring substituents is 1. The number of nitro groups is 1. The van der Waals surface area contributed by atoms with Crippen LogP contribution in [0.2, 0.25) is 0 Å². The van der Waals surface area contributed by atoms with Gasteiger partial charge in [-0.1, -0.05) is 12.1 Å². The van der Waals surface area contributed by atoms with E-state index in [4.69, 9.17) is 9.47 Å². The van der Waals surface area contributed by atoms with E-state index in [-0.39, 0.29) is 24.7 Å². The number of nitrogens with zero attached hydrogens (tertiary/aromatic N) is 1. The number of carbonyl (C=O) groups is 2. The first-order chi connectivity index (χ1) is 12.0. The van der Waals surface area contributed by atoms with Crippen LogP contribution in [0.15, 0.2) is 42.5 Å². The van der Waals surface area contributed by atoms with Crippen LogP contribution in [-0.2, 0) is 16.1 Å². The molecule has 2 aromatic rings. The first-order valence-electron chi connectivity index (χ1n) is 7.25. The Kier molecular flexibility index (Phi) is 4.46. The van der Waals surface area contributed by atoms with Crippen LogP contribution in [0.25, 0.3) is 0 Å². The summed E-state index contributed by atoms with van der Waals surface area (Å²) in [4.78, 5) is 33.8. The van der Waals surface area contributed by atoms with Gasteiger partial charge in [-0.05, 0) is 23.8 Å². The zero-order valence-electron chi connectivity index (χ0n) is 12.9. The second-order valence-corrected chi connectivity index (χ2v) is 5.13. The number of fused-ring (bicyclic) bond motifs is 1. The van der Waals surface area contributed by atoms with E-state index < -0.39 is 16.7 Å². The maximum Gasteiger partial charge on any atom is 0.313 e. The normalized spacial score (nSPS) is 11.7. The molecule has 0 atom stereocenters. The fourth-order valence-electron chi connectivity index (χ4n) is 2.20. The van der Waals surface area contributed by atoms with Gasteiger partial charge in [0, 0.05) is 24.4 Å². The predicted molar refractivity (Wildman–Crippen MR) is 86.1 cm³/mol. The van der Waals surface area contributed by atoms with Crippen LogP contribution in [0.4, 0.5) is 11.4 Å². The smallest absolute Gasteiger partial charge is 0.313 e. The standard InChI is InChI=1S/C16H13N3O6/c20-15(16(21)18-11-2-1-3-12(7-11)19(22)23)17-8-10-4-5-13-14(6-10)25-9-24-13/h1-7H,8-9H2,(H,17,20)(H,18,21). The van der Waals surface area contributed by atoms with Crippen molar-refractivity contribution in [1.29, 1.82) is 0 Å². The molecule has 2 amide bonds. The second kappa shape index (κ2) is 6.87. The van der Waals surface area contributed by atoms with Gasteiger partial charge in [0.15, 0.2) is 11.5 Å². The third-order valence-corrected chi connectivity index (χ3v) is 3.41. The summed E-state index contributed by atoms with van der Waals surface area (Å²) in [6.45, 7) is 0.272. The van der Waals surface area contributed by atoms with Gasteiger partial charge in [-0.3, -0.25) is 19.7 Å². The average Bonchev–Trinajstić information content (AvgIpc) is 3.07. The highest BCUT2D eigenvalue weighted by Gasteiger charge is 2.17. The Bertz CT molecular complexity index is 852. The molecule has 9 heteroatoms. The van der Waals surface area contributed by atoms with Crippen molar-refractivity contribution in [1.82, 2.24) is 5.32 Å². The summed E-state index contributed by atoms with van der Waals surface area (Å²) >= 11 is 0. The summed E-state index contributed by atoms with van der Waals surface area (Å²) in [6, 6.07) is 10.5. The predicted octanol–water partition coefficient (Wildman–Crippen LogP) is 1.58. The fraction of sp³-hybridized carbons (Fsp3) is 0.125. The van der Waals surface area contributed by atoms with Crippen LogP contribution < -0.4 is 20.1 Å². The number of benzene rings is 2. The van der Waals surface area contributed by atoms with Gasteiger partial charge >= 0.3 is 11.8 Å². The average molecular weight is 343 g/mol. The number of hydrogen-bond acceptors (Lipinski definition) is 6. The molecule has 0 aromatic heterocycles. The van der Waals surface area contributed by atoms with E-state index in [9.17, 15) is 19.7 Å². The van der Waals surface area contributed by atoms with Gasteiger partial charge in [-0.15, -0.1) is 0 Å². The lowest BCUT2D eigenvalue weighted by Gasteiger charge is -2.07. The van der Waals surface area contributed by atoms with Crippen LogP contribution in [0, 0.1) is 10.1 Å². The Balaban J connectivity index is 1.57. The van der Waals surface area contributed by atoms with Crippen molar-refractivity contribution in [2.24, 2.45) is 0 Å². The van der Waals surface area contributed by atoms with E-state index in [1.54, 1.807) is 18.2 Å². The first kappa shape index (κ1) is 16.2. The van der Waals surface area contributed by atoms with Gasteiger partial charge in [-0.2, -0.15) is 0 Å². The minimum atomic E-state index is -0.916. The molecular weight excluding hydrogens is 330 g/mol. The van der Waals surface area contributed by atoms with Crippen LogP contribution in [0.1, 0.15) is 5.56 Å². The number of hydrogen-bond donors (Lipinski definition) is 2. The molecule has 0 bridgehead atoms. The summed E-state index contributed by atoms with van der Waals surface area (Å²) in [6.07, 6.45) is 0. The Morgan fingerprint density at radius 2 is 1.88 bits per heavy atom. The Morgan fingerprint density at radius 1 is 1.08 bits per heavy atom. The van der Waals surface area contributed by atoms with Gasteiger partial charge < -0.3 is 20.1 Å². The molecule has 0 spiro atoms. The lowest BCUT2D eigenvalue weighted by atomic mass is 10.2. The van der Waals surface area contributed by atoms with Crippen LogP contribution in [0.5, 0.6) is 11.5 Å². The molecule has 3 rings (SSSR count). The molecule has 2 aromatic carbocycles. The van der Waals surface area contributed by atoms with Crippen molar-refractivity contribution in [2.75, 3.05) is 12.1 Å². The summed E-state index contributed by atoms with van der Waals surface area (Å²) in [5.74, 6) is -0.572. The Hall–Kier alpha value is -3.62. The van der Waals surface area contributed by atoms with Crippen molar-refractivity contribution in [3.05, 3.63) is 58.1 Å². The molecule has 0 radical (unpaired) electrons. The topological polar surface area (TPSA) is 120 Å². The SMILES string of the molecule is O=C(NCc1ccc2c(c1)OCO2)C(=O)Nc1cccc([N+](=O)[O-])c1. The number of rotatable bonds is 4. The fourth-order valence-corrected chi connectivity index (χ4v) is 2.20. The van der Waals surface area contributed by atoms with Gasteiger partial charge in [0.05, 0.1) is 4.92 Å².